The maximum Gasteiger partial charge on any atom is 0.118 e. The van der Waals surface area contributed by atoms with Crippen LogP contribution in [0.15, 0.2) is 54.6 Å². The molecule has 0 aliphatic heterocycles. The Hall–Kier alpha value is -2.55. The van der Waals surface area contributed by atoms with E-state index in [1.54, 1.807) is 7.11 Å². The molecule has 0 saturated carbocycles. The van der Waals surface area contributed by atoms with Crippen molar-refractivity contribution in [2.45, 2.75) is 6.92 Å². The van der Waals surface area contributed by atoms with Gasteiger partial charge in [-0.05, 0) is 31.2 Å². The third kappa shape index (κ3) is 2.18. The van der Waals surface area contributed by atoms with Crippen molar-refractivity contribution in [3.05, 3.63) is 60.2 Å². The van der Waals surface area contributed by atoms with E-state index in [0.717, 1.165) is 33.8 Å². The van der Waals surface area contributed by atoms with Gasteiger partial charge < -0.3 is 4.74 Å². The van der Waals surface area contributed by atoms with Crippen molar-refractivity contribution in [3.8, 4) is 28.3 Å². The maximum atomic E-state index is 5.18. The van der Waals surface area contributed by atoms with E-state index in [9.17, 15) is 0 Å². The zero-order valence-corrected chi connectivity index (χ0v) is 11.6. The molecule has 0 aliphatic rings. The first kappa shape index (κ1) is 12.5. The number of nitrogens with one attached hydrogen (secondary N) is 1. The van der Waals surface area contributed by atoms with Gasteiger partial charge in [-0.1, -0.05) is 30.3 Å². The second kappa shape index (κ2) is 5.21. The summed E-state index contributed by atoms with van der Waals surface area (Å²) in [5, 5.41) is 7.58. The van der Waals surface area contributed by atoms with Crippen LogP contribution in [-0.4, -0.2) is 17.3 Å². The van der Waals surface area contributed by atoms with Crippen LogP contribution in [-0.2, 0) is 0 Å². The first-order valence-corrected chi connectivity index (χ1v) is 6.54. The molecule has 0 unspecified atom stereocenters. The molecule has 100 valence electrons. The smallest absolute Gasteiger partial charge is 0.118 e. The van der Waals surface area contributed by atoms with Crippen molar-refractivity contribution in [1.29, 1.82) is 0 Å². The molecular weight excluding hydrogens is 248 g/mol. The Bertz CT molecular complexity index is 700. The van der Waals surface area contributed by atoms with Crippen LogP contribution in [0.2, 0.25) is 0 Å². The molecule has 3 nitrogen and oxygen atoms in total. The van der Waals surface area contributed by atoms with Crippen LogP contribution in [0.3, 0.4) is 0 Å². The molecule has 3 aromatic rings. The highest BCUT2D eigenvalue weighted by atomic mass is 16.5. The van der Waals surface area contributed by atoms with Crippen LogP contribution < -0.4 is 4.74 Å². The molecule has 0 fully saturated rings. The third-order valence-corrected chi connectivity index (χ3v) is 3.44. The fourth-order valence-electron chi connectivity index (χ4n) is 2.31. The van der Waals surface area contributed by atoms with Crippen molar-refractivity contribution in [2.24, 2.45) is 0 Å². The summed E-state index contributed by atoms with van der Waals surface area (Å²) in [6.07, 6.45) is 0. The molecule has 0 atom stereocenters. The van der Waals surface area contributed by atoms with E-state index < -0.39 is 0 Å². The number of nitrogens with zero attached hydrogens (tertiary/aromatic N) is 1. The van der Waals surface area contributed by atoms with E-state index in [4.69, 9.17) is 4.74 Å². The van der Waals surface area contributed by atoms with Crippen molar-refractivity contribution in [2.75, 3.05) is 7.11 Å². The minimum absolute atomic E-state index is 0.856. The third-order valence-electron chi connectivity index (χ3n) is 3.44. The summed E-state index contributed by atoms with van der Waals surface area (Å²) in [4.78, 5) is 0. The van der Waals surface area contributed by atoms with E-state index in [1.165, 1.54) is 0 Å². The molecule has 20 heavy (non-hydrogen) atoms. The Morgan fingerprint density at radius 1 is 0.900 bits per heavy atom. The summed E-state index contributed by atoms with van der Waals surface area (Å²) in [5.41, 5.74) is 5.43. The molecule has 1 N–H and O–H groups in total. The summed E-state index contributed by atoms with van der Waals surface area (Å²) >= 11 is 0. The molecule has 3 heteroatoms. The van der Waals surface area contributed by atoms with Gasteiger partial charge in [-0.15, -0.1) is 0 Å². The largest absolute Gasteiger partial charge is 0.497 e. The second-order valence-electron chi connectivity index (χ2n) is 4.67. The highest BCUT2D eigenvalue weighted by Crippen LogP contribution is 2.29. The SMILES string of the molecule is COc1ccc(-c2[nH]nc(-c3ccccc3)c2C)cc1. The van der Waals surface area contributed by atoms with Gasteiger partial charge in [0.2, 0.25) is 0 Å². The maximum absolute atomic E-state index is 5.18. The van der Waals surface area contributed by atoms with Gasteiger partial charge in [0.05, 0.1) is 18.5 Å². The molecule has 0 radical (unpaired) electrons. The number of H-pyrrole nitrogens is 1. The van der Waals surface area contributed by atoms with Gasteiger partial charge in [0, 0.05) is 16.7 Å². The van der Waals surface area contributed by atoms with Gasteiger partial charge in [0.15, 0.2) is 0 Å². The predicted octanol–water partition coefficient (Wildman–Crippen LogP) is 4.06. The standard InChI is InChI=1S/C17H16N2O/c1-12-16(13-6-4-3-5-7-13)18-19-17(12)14-8-10-15(20-2)11-9-14/h3-11H,1-2H3,(H,18,19). The summed E-state index contributed by atoms with van der Waals surface area (Å²) in [6, 6.07) is 18.2. The number of benzene rings is 2. The molecule has 1 heterocycles. The monoisotopic (exact) mass is 264 g/mol. The van der Waals surface area contributed by atoms with Crippen LogP contribution >= 0.6 is 0 Å². The molecule has 1 aromatic heterocycles. The number of hydrogen-bond acceptors (Lipinski definition) is 2. The fourth-order valence-corrected chi connectivity index (χ4v) is 2.31. The molecule has 3 rings (SSSR count). The number of hydrogen-bond donors (Lipinski definition) is 1. The van der Waals surface area contributed by atoms with E-state index in [-0.39, 0.29) is 0 Å². The summed E-state index contributed by atoms with van der Waals surface area (Å²) in [5.74, 6) is 0.856. The normalized spacial score (nSPS) is 10.5. The van der Waals surface area contributed by atoms with Crippen molar-refractivity contribution >= 4 is 0 Å². The zero-order chi connectivity index (χ0) is 13.9. The lowest BCUT2D eigenvalue weighted by molar-refractivity contribution is 0.415. The van der Waals surface area contributed by atoms with Gasteiger partial charge in [-0.3, -0.25) is 5.10 Å². The number of aromatic amines is 1. The number of aromatic nitrogens is 2. The molecular formula is C17H16N2O. The average Bonchev–Trinajstić information content (AvgIpc) is 2.90. The first-order chi connectivity index (χ1) is 9.79. The predicted molar refractivity (Wildman–Crippen MR) is 80.7 cm³/mol. The molecule has 0 amide bonds. The highest BCUT2D eigenvalue weighted by Gasteiger charge is 2.12. The van der Waals surface area contributed by atoms with Crippen LogP contribution in [0.5, 0.6) is 5.75 Å². The molecule has 0 saturated heterocycles. The van der Waals surface area contributed by atoms with Crippen LogP contribution in [0.4, 0.5) is 0 Å². The number of methoxy groups -OCH3 is 1. The lowest BCUT2D eigenvalue weighted by Gasteiger charge is -2.03. The molecule has 0 bridgehead atoms. The molecule has 0 aliphatic carbocycles. The lowest BCUT2D eigenvalue weighted by atomic mass is 10.0. The summed E-state index contributed by atoms with van der Waals surface area (Å²) < 4.78 is 5.18. The lowest BCUT2D eigenvalue weighted by Crippen LogP contribution is -1.84. The topological polar surface area (TPSA) is 37.9 Å². The van der Waals surface area contributed by atoms with Crippen LogP contribution in [0.1, 0.15) is 5.56 Å². The minimum atomic E-state index is 0.856. The van der Waals surface area contributed by atoms with Gasteiger partial charge >= 0.3 is 0 Å². The van der Waals surface area contributed by atoms with E-state index in [2.05, 4.69) is 29.3 Å². The van der Waals surface area contributed by atoms with Crippen LogP contribution in [0, 0.1) is 6.92 Å². The summed E-state index contributed by atoms with van der Waals surface area (Å²) in [6.45, 7) is 2.09. The van der Waals surface area contributed by atoms with Gasteiger partial charge in [-0.25, -0.2) is 0 Å². The quantitative estimate of drug-likeness (QED) is 0.774. The first-order valence-electron chi connectivity index (χ1n) is 6.54. The minimum Gasteiger partial charge on any atom is -0.497 e. The second-order valence-corrected chi connectivity index (χ2v) is 4.67. The summed E-state index contributed by atoms with van der Waals surface area (Å²) in [7, 11) is 1.67. The zero-order valence-electron chi connectivity index (χ0n) is 11.6. The van der Waals surface area contributed by atoms with Crippen LogP contribution in [0.25, 0.3) is 22.5 Å². The van der Waals surface area contributed by atoms with Gasteiger partial charge in [0.1, 0.15) is 5.75 Å². The molecule has 0 spiro atoms. The Labute approximate surface area is 118 Å². The fraction of sp³-hybridized carbons (Fsp3) is 0.118. The molecule has 2 aromatic carbocycles. The Balaban J connectivity index is 2.01. The Kier molecular flexibility index (Phi) is 3.25. The van der Waals surface area contributed by atoms with Crippen molar-refractivity contribution < 1.29 is 4.74 Å². The van der Waals surface area contributed by atoms with Gasteiger partial charge in [-0.2, -0.15) is 5.10 Å². The van der Waals surface area contributed by atoms with Crippen molar-refractivity contribution in [3.63, 3.8) is 0 Å². The van der Waals surface area contributed by atoms with E-state index >= 15 is 0 Å². The highest BCUT2D eigenvalue weighted by molar-refractivity contribution is 5.73. The average molecular weight is 264 g/mol. The van der Waals surface area contributed by atoms with E-state index in [1.807, 2.05) is 42.5 Å². The Morgan fingerprint density at radius 2 is 1.60 bits per heavy atom. The Morgan fingerprint density at radius 3 is 2.25 bits per heavy atom. The van der Waals surface area contributed by atoms with E-state index in [0.29, 0.717) is 0 Å². The van der Waals surface area contributed by atoms with Gasteiger partial charge in [0.25, 0.3) is 0 Å². The number of rotatable bonds is 3. The number of ether oxygens (including phenoxy) is 1. The van der Waals surface area contributed by atoms with Crippen molar-refractivity contribution in [1.82, 2.24) is 10.2 Å².